The van der Waals surface area contributed by atoms with Crippen LogP contribution in [0.1, 0.15) is 12.5 Å². The Hall–Kier alpha value is -1.48. The molecule has 1 aliphatic heterocycles. The third-order valence-electron chi connectivity index (χ3n) is 3.44. The number of fused-ring (bicyclic) bond motifs is 1. The summed E-state index contributed by atoms with van der Waals surface area (Å²) in [5.41, 5.74) is 3.53. The maximum Gasteiger partial charge on any atom is 0.0770 e. The molecule has 3 heteroatoms. The molecular weight excluding hydrogens is 288 g/mol. The average Bonchev–Trinajstić information content (AvgIpc) is 2.40. The second kappa shape index (κ2) is 4.32. The molecule has 0 aliphatic carbocycles. The van der Waals surface area contributed by atoms with Crippen LogP contribution in [-0.2, 0) is 5.54 Å². The van der Waals surface area contributed by atoms with Gasteiger partial charge in [0.25, 0.3) is 0 Å². The van der Waals surface area contributed by atoms with Gasteiger partial charge in [-0.25, -0.2) is 0 Å². The SMILES string of the molecule is CC1(c2ccccc2)CNc2cc(Br)ccc2N1. The highest BCUT2D eigenvalue weighted by molar-refractivity contribution is 9.10. The predicted molar refractivity (Wildman–Crippen MR) is 80.0 cm³/mol. The van der Waals surface area contributed by atoms with Gasteiger partial charge in [0.15, 0.2) is 0 Å². The van der Waals surface area contributed by atoms with E-state index in [4.69, 9.17) is 0 Å². The van der Waals surface area contributed by atoms with Crippen molar-refractivity contribution in [1.82, 2.24) is 0 Å². The second-order valence-electron chi connectivity index (χ2n) is 4.87. The van der Waals surface area contributed by atoms with Gasteiger partial charge in [-0.1, -0.05) is 46.3 Å². The molecule has 2 N–H and O–H groups in total. The molecule has 0 fully saturated rings. The van der Waals surface area contributed by atoms with Crippen LogP contribution in [0.5, 0.6) is 0 Å². The zero-order valence-corrected chi connectivity index (χ0v) is 11.8. The lowest BCUT2D eigenvalue weighted by atomic mass is 9.89. The molecule has 0 radical (unpaired) electrons. The third-order valence-corrected chi connectivity index (χ3v) is 3.93. The number of anilines is 2. The van der Waals surface area contributed by atoms with E-state index in [1.807, 2.05) is 6.07 Å². The highest BCUT2D eigenvalue weighted by atomic mass is 79.9. The molecule has 92 valence electrons. The maximum absolute atomic E-state index is 3.63. The predicted octanol–water partition coefficient (Wildman–Crippen LogP) is 4.20. The first-order valence-corrected chi connectivity index (χ1v) is 6.84. The minimum absolute atomic E-state index is 0.0674. The first kappa shape index (κ1) is 11.6. The Bertz CT molecular complexity index is 568. The van der Waals surface area contributed by atoms with Gasteiger partial charge >= 0.3 is 0 Å². The molecule has 1 atom stereocenters. The zero-order valence-electron chi connectivity index (χ0n) is 10.2. The molecule has 0 aromatic heterocycles. The van der Waals surface area contributed by atoms with Crippen LogP contribution in [0.4, 0.5) is 11.4 Å². The Kier molecular flexibility index (Phi) is 2.78. The van der Waals surface area contributed by atoms with E-state index < -0.39 is 0 Å². The molecule has 0 bridgehead atoms. The lowest BCUT2D eigenvalue weighted by Gasteiger charge is -2.38. The van der Waals surface area contributed by atoms with E-state index in [0.717, 1.165) is 22.4 Å². The maximum atomic E-state index is 3.63. The van der Waals surface area contributed by atoms with Gasteiger partial charge in [-0.05, 0) is 30.7 Å². The van der Waals surface area contributed by atoms with Crippen LogP contribution in [0.15, 0.2) is 53.0 Å². The van der Waals surface area contributed by atoms with Crippen molar-refractivity contribution >= 4 is 27.3 Å². The summed E-state index contributed by atoms with van der Waals surface area (Å²) >= 11 is 3.50. The number of rotatable bonds is 1. The normalized spacial score (nSPS) is 21.7. The van der Waals surface area contributed by atoms with E-state index in [9.17, 15) is 0 Å². The Labute approximate surface area is 116 Å². The number of hydrogen-bond donors (Lipinski definition) is 2. The number of nitrogens with one attached hydrogen (secondary N) is 2. The fraction of sp³-hybridized carbons (Fsp3) is 0.200. The number of hydrogen-bond acceptors (Lipinski definition) is 2. The number of benzene rings is 2. The fourth-order valence-electron chi connectivity index (χ4n) is 2.37. The molecule has 2 aromatic rings. The Balaban J connectivity index is 1.97. The first-order chi connectivity index (χ1) is 8.67. The lowest BCUT2D eigenvalue weighted by Crippen LogP contribution is -2.42. The molecule has 0 spiro atoms. The molecule has 2 aromatic carbocycles. The smallest absolute Gasteiger partial charge is 0.0770 e. The summed E-state index contributed by atoms with van der Waals surface area (Å²) in [6.07, 6.45) is 0. The summed E-state index contributed by atoms with van der Waals surface area (Å²) < 4.78 is 1.10. The van der Waals surface area contributed by atoms with Crippen LogP contribution in [0, 0.1) is 0 Å². The van der Waals surface area contributed by atoms with Gasteiger partial charge < -0.3 is 10.6 Å². The summed E-state index contributed by atoms with van der Waals surface area (Å²) in [4.78, 5) is 0. The van der Waals surface area contributed by atoms with Gasteiger partial charge in [0.05, 0.1) is 16.9 Å². The van der Waals surface area contributed by atoms with Gasteiger partial charge in [-0.2, -0.15) is 0 Å². The number of halogens is 1. The van der Waals surface area contributed by atoms with E-state index in [1.165, 1.54) is 5.56 Å². The molecule has 0 saturated carbocycles. The Morgan fingerprint density at radius 1 is 1.06 bits per heavy atom. The van der Waals surface area contributed by atoms with Crippen molar-refractivity contribution < 1.29 is 0 Å². The van der Waals surface area contributed by atoms with E-state index >= 15 is 0 Å². The van der Waals surface area contributed by atoms with Crippen LogP contribution in [0.25, 0.3) is 0 Å². The lowest BCUT2D eigenvalue weighted by molar-refractivity contribution is 0.565. The van der Waals surface area contributed by atoms with E-state index in [-0.39, 0.29) is 5.54 Å². The average molecular weight is 303 g/mol. The van der Waals surface area contributed by atoms with Crippen LogP contribution in [0.3, 0.4) is 0 Å². The van der Waals surface area contributed by atoms with Crippen molar-refractivity contribution in [2.75, 3.05) is 17.2 Å². The molecule has 0 saturated heterocycles. The molecule has 2 nitrogen and oxygen atoms in total. The molecule has 1 aliphatic rings. The third kappa shape index (κ3) is 1.99. The standard InChI is InChI=1S/C15H15BrN2/c1-15(11-5-3-2-4-6-11)10-17-14-9-12(16)7-8-13(14)18-15/h2-9,17-18H,10H2,1H3. The molecule has 18 heavy (non-hydrogen) atoms. The van der Waals surface area contributed by atoms with Crippen LogP contribution in [-0.4, -0.2) is 6.54 Å². The topological polar surface area (TPSA) is 24.1 Å². The van der Waals surface area contributed by atoms with Crippen LogP contribution in [0.2, 0.25) is 0 Å². The van der Waals surface area contributed by atoms with Gasteiger partial charge in [-0.15, -0.1) is 0 Å². The summed E-state index contributed by atoms with van der Waals surface area (Å²) in [6.45, 7) is 3.10. The summed E-state index contributed by atoms with van der Waals surface area (Å²) in [5.74, 6) is 0. The van der Waals surface area contributed by atoms with Crippen LogP contribution >= 0.6 is 15.9 Å². The van der Waals surface area contributed by atoms with Gasteiger partial charge in [-0.3, -0.25) is 0 Å². The second-order valence-corrected chi connectivity index (χ2v) is 5.78. The van der Waals surface area contributed by atoms with Crippen molar-refractivity contribution in [2.45, 2.75) is 12.5 Å². The minimum Gasteiger partial charge on any atom is -0.381 e. The summed E-state index contributed by atoms with van der Waals surface area (Å²) in [6, 6.07) is 16.8. The van der Waals surface area contributed by atoms with Gasteiger partial charge in [0, 0.05) is 11.0 Å². The largest absolute Gasteiger partial charge is 0.381 e. The molecule has 1 unspecified atom stereocenters. The minimum atomic E-state index is -0.0674. The Morgan fingerprint density at radius 2 is 1.83 bits per heavy atom. The molecular formula is C15H15BrN2. The summed E-state index contributed by atoms with van der Waals surface area (Å²) in [5, 5.41) is 7.13. The van der Waals surface area contributed by atoms with E-state index in [0.29, 0.717) is 0 Å². The van der Waals surface area contributed by atoms with E-state index in [2.05, 4.69) is 76.0 Å². The molecule has 0 amide bonds. The Morgan fingerprint density at radius 3 is 2.61 bits per heavy atom. The van der Waals surface area contributed by atoms with Crippen molar-refractivity contribution in [3.63, 3.8) is 0 Å². The summed E-state index contributed by atoms with van der Waals surface area (Å²) in [7, 11) is 0. The highest BCUT2D eigenvalue weighted by Crippen LogP contribution is 2.36. The zero-order chi connectivity index (χ0) is 12.6. The monoisotopic (exact) mass is 302 g/mol. The molecule has 1 heterocycles. The van der Waals surface area contributed by atoms with Gasteiger partial charge in [0.1, 0.15) is 0 Å². The van der Waals surface area contributed by atoms with Crippen molar-refractivity contribution in [1.29, 1.82) is 0 Å². The molecule has 3 rings (SSSR count). The van der Waals surface area contributed by atoms with Crippen molar-refractivity contribution in [2.24, 2.45) is 0 Å². The van der Waals surface area contributed by atoms with E-state index in [1.54, 1.807) is 0 Å². The van der Waals surface area contributed by atoms with Crippen molar-refractivity contribution in [3.05, 3.63) is 58.6 Å². The quantitative estimate of drug-likeness (QED) is 0.825. The first-order valence-electron chi connectivity index (χ1n) is 6.04. The van der Waals surface area contributed by atoms with Gasteiger partial charge in [0.2, 0.25) is 0 Å². The highest BCUT2D eigenvalue weighted by Gasteiger charge is 2.30. The van der Waals surface area contributed by atoms with Crippen LogP contribution < -0.4 is 10.6 Å². The van der Waals surface area contributed by atoms with Crippen molar-refractivity contribution in [3.8, 4) is 0 Å². The fourth-order valence-corrected chi connectivity index (χ4v) is 2.73.